The van der Waals surface area contributed by atoms with Crippen molar-refractivity contribution in [3.8, 4) is 0 Å². The molecule has 1 saturated carbocycles. The van der Waals surface area contributed by atoms with Crippen LogP contribution < -0.4 is 10.6 Å². The van der Waals surface area contributed by atoms with Crippen molar-refractivity contribution in [1.29, 1.82) is 0 Å². The molecule has 0 bridgehead atoms. The van der Waals surface area contributed by atoms with E-state index in [-0.39, 0.29) is 30.4 Å². The maximum atomic E-state index is 11.9. The summed E-state index contributed by atoms with van der Waals surface area (Å²) in [6, 6.07) is 8.04. The molecule has 0 unspecified atom stereocenters. The van der Waals surface area contributed by atoms with E-state index in [0.29, 0.717) is 0 Å². The fraction of sp³-hybridized carbons (Fsp3) is 0.529. The smallest absolute Gasteiger partial charge is 0.248 e. The van der Waals surface area contributed by atoms with Crippen LogP contribution in [-0.2, 0) is 15.1 Å². The van der Waals surface area contributed by atoms with Gasteiger partial charge in [0.2, 0.25) is 11.8 Å². The maximum absolute atomic E-state index is 11.9. The summed E-state index contributed by atoms with van der Waals surface area (Å²) in [5.74, 6) is -0.330. The molecule has 2 fully saturated rings. The lowest BCUT2D eigenvalue weighted by atomic mass is 9.77. The number of imide groups is 1. The van der Waals surface area contributed by atoms with Gasteiger partial charge in [0.25, 0.3) is 0 Å². The second-order valence-electron chi connectivity index (χ2n) is 6.47. The second kappa shape index (κ2) is 5.72. The highest BCUT2D eigenvalue weighted by molar-refractivity contribution is 6.02. The lowest BCUT2D eigenvalue weighted by Crippen LogP contribution is -2.52. The molecule has 1 aliphatic heterocycles. The SMILES string of the molecule is CN1C(=O)CN(c2cccc(C3(N)CCCCC3)c2)CC1=O. The number of amides is 2. The maximum Gasteiger partial charge on any atom is 0.248 e. The van der Waals surface area contributed by atoms with Crippen molar-refractivity contribution in [2.75, 3.05) is 25.0 Å². The van der Waals surface area contributed by atoms with Crippen LogP contribution in [0, 0.1) is 0 Å². The van der Waals surface area contributed by atoms with Gasteiger partial charge in [-0.2, -0.15) is 0 Å². The largest absolute Gasteiger partial charge is 0.353 e. The molecule has 1 aromatic carbocycles. The third-order valence-electron chi connectivity index (χ3n) is 4.93. The number of piperazine rings is 1. The van der Waals surface area contributed by atoms with Crippen LogP contribution in [0.15, 0.2) is 24.3 Å². The van der Waals surface area contributed by atoms with E-state index >= 15 is 0 Å². The van der Waals surface area contributed by atoms with E-state index in [4.69, 9.17) is 5.73 Å². The Morgan fingerprint density at radius 1 is 1.05 bits per heavy atom. The third-order valence-corrected chi connectivity index (χ3v) is 4.93. The standard InChI is InChI=1S/C17H23N3O2/c1-19-15(21)11-20(12-16(19)22)14-7-5-6-13(10-14)17(18)8-3-2-4-9-17/h5-7,10H,2-4,8-9,11-12,18H2,1H3. The Morgan fingerprint density at radius 2 is 1.68 bits per heavy atom. The van der Waals surface area contributed by atoms with Crippen molar-refractivity contribution in [3.63, 3.8) is 0 Å². The lowest BCUT2D eigenvalue weighted by Gasteiger charge is -2.36. The van der Waals surface area contributed by atoms with Crippen molar-refractivity contribution >= 4 is 17.5 Å². The first-order chi connectivity index (χ1) is 10.5. The molecule has 0 aromatic heterocycles. The van der Waals surface area contributed by atoms with Gasteiger partial charge in [-0.15, -0.1) is 0 Å². The molecule has 0 radical (unpaired) electrons. The summed E-state index contributed by atoms with van der Waals surface area (Å²) in [6.45, 7) is 0.479. The van der Waals surface area contributed by atoms with Gasteiger partial charge in [-0.25, -0.2) is 0 Å². The molecule has 1 heterocycles. The van der Waals surface area contributed by atoms with Crippen LogP contribution in [0.3, 0.4) is 0 Å². The molecular weight excluding hydrogens is 278 g/mol. The van der Waals surface area contributed by atoms with E-state index in [1.807, 2.05) is 17.0 Å². The molecule has 2 amide bonds. The Balaban J connectivity index is 1.85. The first-order valence-electron chi connectivity index (χ1n) is 7.93. The number of likely N-dealkylation sites (N-methyl/N-ethyl adjacent to an activating group) is 1. The molecule has 118 valence electrons. The van der Waals surface area contributed by atoms with Crippen LogP contribution in [0.25, 0.3) is 0 Å². The minimum absolute atomic E-state index is 0.165. The van der Waals surface area contributed by atoms with Gasteiger partial charge in [-0.1, -0.05) is 31.4 Å². The zero-order valence-corrected chi connectivity index (χ0v) is 13.0. The fourth-order valence-electron chi connectivity index (χ4n) is 3.40. The highest BCUT2D eigenvalue weighted by Crippen LogP contribution is 2.36. The summed E-state index contributed by atoms with van der Waals surface area (Å²) < 4.78 is 0. The molecule has 1 aliphatic carbocycles. The van der Waals surface area contributed by atoms with E-state index < -0.39 is 0 Å². The van der Waals surface area contributed by atoms with Crippen LogP contribution in [0.5, 0.6) is 0 Å². The van der Waals surface area contributed by atoms with Crippen LogP contribution in [-0.4, -0.2) is 36.9 Å². The number of rotatable bonds is 2. The topological polar surface area (TPSA) is 66.6 Å². The summed E-state index contributed by atoms with van der Waals surface area (Å²) >= 11 is 0. The Hall–Kier alpha value is -1.88. The predicted molar refractivity (Wildman–Crippen MR) is 85.4 cm³/mol. The zero-order chi connectivity index (χ0) is 15.7. The van der Waals surface area contributed by atoms with Gasteiger partial charge in [-0.05, 0) is 30.5 Å². The van der Waals surface area contributed by atoms with Gasteiger partial charge in [0.15, 0.2) is 0 Å². The number of anilines is 1. The molecule has 2 N–H and O–H groups in total. The number of carbonyl (C=O) groups is 2. The first kappa shape index (κ1) is 15.0. The molecule has 1 aromatic rings. The number of benzene rings is 1. The molecular formula is C17H23N3O2. The number of hydrogen-bond donors (Lipinski definition) is 1. The zero-order valence-electron chi connectivity index (χ0n) is 13.0. The van der Waals surface area contributed by atoms with Crippen molar-refractivity contribution in [1.82, 2.24) is 4.90 Å². The van der Waals surface area contributed by atoms with Gasteiger partial charge >= 0.3 is 0 Å². The van der Waals surface area contributed by atoms with Gasteiger partial charge in [0, 0.05) is 18.3 Å². The monoisotopic (exact) mass is 301 g/mol. The number of nitrogens with zero attached hydrogens (tertiary/aromatic N) is 2. The fourth-order valence-corrected chi connectivity index (χ4v) is 3.40. The lowest BCUT2D eigenvalue weighted by molar-refractivity contribution is -0.143. The molecule has 2 aliphatic rings. The molecule has 0 spiro atoms. The van der Waals surface area contributed by atoms with E-state index in [1.165, 1.54) is 18.4 Å². The van der Waals surface area contributed by atoms with E-state index in [9.17, 15) is 9.59 Å². The molecule has 5 heteroatoms. The van der Waals surface area contributed by atoms with Gasteiger partial charge < -0.3 is 10.6 Å². The average molecular weight is 301 g/mol. The van der Waals surface area contributed by atoms with Crippen molar-refractivity contribution in [2.24, 2.45) is 5.73 Å². The first-order valence-corrected chi connectivity index (χ1v) is 7.93. The summed E-state index contributed by atoms with van der Waals surface area (Å²) in [5, 5.41) is 0. The van der Waals surface area contributed by atoms with Gasteiger partial charge in [-0.3, -0.25) is 14.5 Å². The number of nitrogens with two attached hydrogens (primary N) is 1. The molecule has 3 rings (SSSR count). The molecule has 22 heavy (non-hydrogen) atoms. The molecule has 1 saturated heterocycles. The van der Waals surface area contributed by atoms with Crippen LogP contribution >= 0.6 is 0 Å². The molecule has 5 nitrogen and oxygen atoms in total. The van der Waals surface area contributed by atoms with Crippen molar-refractivity contribution in [2.45, 2.75) is 37.6 Å². The Kier molecular flexibility index (Phi) is 3.91. The third kappa shape index (κ3) is 2.73. The van der Waals surface area contributed by atoms with Crippen molar-refractivity contribution < 1.29 is 9.59 Å². The Bertz CT molecular complexity index is 575. The highest BCUT2D eigenvalue weighted by atomic mass is 16.2. The van der Waals surface area contributed by atoms with Gasteiger partial charge in [0.1, 0.15) is 0 Å². The van der Waals surface area contributed by atoms with Gasteiger partial charge in [0.05, 0.1) is 13.1 Å². The number of hydrogen-bond acceptors (Lipinski definition) is 4. The summed E-state index contributed by atoms with van der Waals surface area (Å²) in [4.78, 5) is 26.8. The van der Waals surface area contributed by atoms with Crippen LogP contribution in [0.1, 0.15) is 37.7 Å². The normalized spacial score (nSPS) is 22.1. The second-order valence-corrected chi connectivity index (χ2v) is 6.47. The number of carbonyl (C=O) groups excluding carboxylic acids is 2. The Morgan fingerprint density at radius 3 is 2.32 bits per heavy atom. The summed E-state index contributed by atoms with van der Waals surface area (Å²) in [7, 11) is 1.54. The summed E-state index contributed by atoms with van der Waals surface area (Å²) in [6.07, 6.45) is 5.56. The van der Waals surface area contributed by atoms with E-state index in [0.717, 1.165) is 36.9 Å². The summed E-state index contributed by atoms with van der Waals surface area (Å²) in [5.41, 5.74) is 8.35. The minimum atomic E-state index is -0.269. The minimum Gasteiger partial charge on any atom is -0.353 e. The molecule has 0 atom stereocenters. The van der Waals surface area contributed by atoms with E-state index in [2.05, 4.69) is 12.1 Å². The van der Waals surface area contributed by atoms with E-state index in [1.54, 1.807) is 0 Å². The van der Waals surface area contributed by atoms with Crippen LogP contribution in [0.4, 0.5) is 5.69 Å². The Labute approximate surface area is 131 Å². The predicted octanol–water partition coefficient (Wildman–Crippen LogP) is 1.61. The highest BCUT2D eigenvalue weighted by Gasteiger charge is 2.31. The average Bonchev–Trinajstić information content (AvgIpc) is 2.53. The van der Waals surface area contributed by atoms with Crippen molar-refractivity contribution in [3.05, 3.63) is 29.8 Å². The van der Waals surface area contributed by atoms with Crippen LogP contribution in [0.2, 0.25) is 0 Å². The quantitative estimate of drug-likeness (QED) is 0.843.